The van der Waals surface area contributed by atoms with Crippen LogP contribution in [0.5, 0.6) is 0 Å². The van der Waals surface area contributed by atoms with Crippen LogP contribution in [0.2, 0.25) is 0 Å². The summed E-state index contributed by atoms with van der Waals surface area (Å²) in [6.45, 7) is 3.88. The second-order valence-electron chi connectivity index (χ2n) is 7.31. The van der Waals surface area contributed by atoms with Crippen LogP contribution < -0.4 is 0 Å². The zero-order chi connectivity index (χ0) is 19.5. The molecular formula is C24H21ClN2O. The molecule has 0 saturated carbocycles. The third kappa shape index (κ3) is 3.94. The van der Waals surface area contributed by atoms with Crippen LogP contribution in [0.4, 0.5) is 0 Å². The molecule has 0 bridgehead atoms. The molecule has 0 N–H and O–H groups in total. The largest absolute Gasteiger partial charge is 0.365 e. The second kappa shape index (κ2) is 8.14. The number of allylic oxidation sites excluding steroid dienone is 6. The van der Waals surface area contributed by atoms with E-state index in [1.165, 1.54) is 5.57 Å². The molecule has 5 atom stereocenters. The van der Waals surface area contributed by atoms with Crippen molar-refractivity contribution in [3.63, 3.8) is 0 Å². The van der Waals surface area contributed by atoms with E-state index in [1.807, 2.05) is 30.5 Å². The molecule has 2 heterocycles. The summed E-state index contributed by atoms with van der Waals surface area (Å²) < 4.78 is 6.25. The van der Waals surface area contributed by atoms with Crippen LogP contribution in [0.1, 0.15) is 12.0 Å². The maximum absolute atomic E-state index is 9.14. The van der Waals surface area contributed by atoms with Gasteiger partial charge in [-0.05, 0) is 35.8 Å². The Morgan fingerprint density at radius 3 is 2.79 bits per heavy atom. The highest BCUT2D eigenvalue weighted by molar-refractivity contribution is 6.29. The van der Waals surface area contributed by atoms with E-state index in [0.29, 0.717) is 22.9 Å². The molecule has 2 aliphatic carbocycles. The van der Waals surface area contributed by atoms with Gasteiger partial charge in [-0.15, -0.1) is 0 Å². The first-order chi connectivity index (χ1) is 13.6. The van der Waals surface area contributed by atoms with Crippen molar-refractivity contribution in [3.05, 3.63) is 95.4 Å². The van der Waals surface area contributed by atoms with Crippen LogP contribution >= 0.6 is 11.6 Å². The van der Waals surface area contributed by atoms with Gasteiger partial charge in [-0.3, -0.25) is 4.98 Å². The summed E-state index contributed by atoms with van der Waals surface area (Å²) in [6.07, 6.45) is 21.0. The predicted octanol–water partition coefficient (Wildman–Crippen LogP) is 5.37. The molecule has 1 saturated heterocycles. The number of nitrogens with zero attached hydrogens (tertiary/aromatic N) is 2. The van der Waals surface area contributed by atoms with Crippen LogP contribution in [0, 0.1) is 29.1 Å². The molecule has 3 nitrogen and oxygen atoms in total. The number of rotatable bonds is 5. The number of nitriles is 1. The van der Waals surface area contributed by atoms with E-state index in [1.54, 1.807) is 6.20 Å². The average Bonchev–Trinajstić information content (AvgIpc) is 3.08. The van der Waals surface area contributed by atoms with Gasteiger partial charge in [-0.25, -0.2) is 0 Å². The van der Waals surface area contributed by atoms with E-state index < -0.39 is 0 Å². The lowest BCUT2D eigenvalue weighted by Gasteiger charge is -2.24. The minimum Gasteiger partial charge on any atom is -0.365 e. The van der Waals surface area contributed by atoms with Crippen LogP contribution in [-0.2, 0) is 4.74 Å². The van der Waals surface area contributed by atoms with Crippen molar-refractivity contribution in [1.82, 2.24) is 4.98 Å². The fraction of sp³-hybridized carbons (Fsp3) is 0.250. The Labute approximate surface area is 170 Å². The first kappa shape index (κ1) is 18.7. The molecule has 4 heteroatoms. The Morgan fingerprint density at radius 2 is 2.07 bits per heavy atom. The van der Waals surface area contributed by atoms with Gasteiger partial charge in [-0.1, -0.05) is 60.7 Å². The topological polar surface area (TPSA) is 45.9 Å². The molecule has 4 unspecified atom stereocenters. The molecule has 0 amide bonds. The normalized spacial score (nSPS) is 28.9. The molecule has 4 rings (SSSR count). The van der Waals surface area contributed by atoms with E-state index in [-0.39, 0.29) is 24.0 Å². The van der Waals surface area contributed by atoms with Gasteiger partial charge in [0.05, 0.1) is 23.9 Å². The molecule has 0 aromatic carbocycles. The second-order valence-corrected chi connectivity index (χ2v) is 7.85. The fourth-order valence-electron chi connectivity index (χ4n) is 4.05. The van der Waals surface area contributed by atoms with Gasteiger partial charge in [0.15, 0.2) is 0 Å². The van der Waals surface area contributed by atoms with Crippen molar-refractivity contribution in [2.45, 2.75) is 18.6 Å². The number of hydrogen-bond donors (Lipinski definition) is 0. The summed E-state index contributed by atoms with van der Waals surface area (Å²) in [5.41, 5.74) is 2.90. The quantitative estimate of drug-likeness (QED) is 0.681. The molecule has 28 heavy (non-hydrogen) atoms. The van der Waals surface area contributed by atoms with Crippen molar-refractivity contribution in [3.8, 4) is 6.07 Å². The average molecular weight is 389 g/mol. The number of pyridine rings is 1. The van der Waals surface area contributed by atoms with Crippen molar-refractivity contribution in [2.24, 2.45) is 17.8 Å². The molecule has 1 fully saturated rings. The van der Waals surface area contributed by atoms with Crippen molar-refractivity contribution in [2.75, 3.05) is 0 Å². The maximum atomic E-state index is 9.14. The number of fused-ring (bicyclic) bond motifs is 3. The van der Waals surface area contributed by atoms with Crippen LogP contribution in [0.25, 0.3) is 6.08 Å². The third-order valence-corrected chi connectivity index (χ3v) is 5.59. The van der Waals surface area contributed by atoms with E-state index in [4.69, 9.17) is 21.6 Å². The summed E-state index contributed by atoms with van der Waals surface area (Å²) >= 11 is 6.15. The Hall–Kier alpha value is -2.67. The Kier molecular flexibility index (Phi) is 5.43. The first-order valence-corrected chi connectivity index (χ1v) is 9.79. The molecule has 0 radical (unpaired) electrons. The van der Waals surface area contributed by atoms with Gasteiger partial charge in [0.1, 0.15) is 0 Å². The zero-order valence-corrected chi connectivity index (χ0v) is 16.2. The minimum atomic E-state index is -0.0396. The Bertz CT molecular complexity index is 949. The fourth-order valence-corrected chi connectivity index (χ4v) is 4.22. The number of hydrogen-bond acceptors (Lipinski definition) is 3. The van der Waals surface area contributed by atoms with E-state index in [0.717, 1.165) is 5.56 Å². The highest BCUT2D eigenvalue weighted by Crippen LogP contribution is 2.42. The molecule has 1 aromatic rings. The standard InChI is InChI=1S/C24H21ClN2O/c1-16(25)11-19(6-4-17-3-2-10-27-15-17)20-7-9-22-21-8-5-18(14-26)12-23(21)28-24(22)13-20/h2-10,12-13,15,19,21-24H,1,11H2/b6-4+/t19?,21?,22-,23?,24?/m1/s1. The number of halogens is 1. The highest BCUT2D eigenvalue weighted by Gasteiger charge is 2.42. The van der Waals surface area contributed by atoms with Gasteiger partial charge in [-0.2, -0.15) is 5.26 Å². The van der Waals surface area contributed by atoms with Gasteiger partial charge in [0.2, 0.25) is 0 Å². The lowest BCUT2D eigenvalue weighted by atomic mass is 9.79. The summed E-state index contributed by atoms with van der Waals surface area (Å²) in [5, 5.41) is 9.77. The maximum Gasteiger partial charge on any atom is 0.0989 e. The summed E-state index contributed by atoms with van der Waals surface area (Å²) in [4.78, 5) is 4.16. The van der Waals surface area contributed by atoms with Crippen molar-refractivity contribution >= 4 is 17.7 Å². The molecule has 1 aliphatic heterocycles. The van der Waals surface area contributed by atoms with Gasteiger partial charge < -0.3 is 4.74 Å². The molecule has 0 spiro atoms. The molecule has 3 aliphatic rings. The third-order valence-electron chi connectivity index (χ3n) is 5.43. The number of ether oxygens (including phenoxy) is 1. The van der Waals surface area contributed by atoms with Crippen molar-refractivity contribution < 1.29 is 4.74 Å². The SMILES string of the molecule is C=C(Cl)CC(/C=C/c1cccnc1)C1=CC2OC3C=C(C#N)C=CC3[C@H]2C=C1. The Morgan fingerprint density at radius 1 is 1.29 bits per heavy atom. The summed E-state index contributed by atoms with van der Waals surface area (Å²) in [7, 11) is 0. The number of aromatic nitrogens is 1. The highest BCUT2D eigenvalue weighted by atomic mass is 35.5. The smallest absolute Gasteiger partial charge is 0.0989 e. The predicted molar refractivity (Wildman–Crippen MR) is 112 cm³/mol. The monoisotopic (exact) mass is 388 g/mol. The summed E-state index contributed by atoms with van der Waals surface area (Å²) in [5.74, 6) is 0.696. The molecule has 140 valence electrons. The van der Waals surface area contributed by atoms with Gasteiger partial charge in [0.25, 0.3) is 0 Å². The molecule has 1 aromatic heterocycles. The van der Waals surface area contributed by atoms with E-state index in [9.17, 15) is 0 Å². The summed E-state index contributed by atoms with van der Waals surface area (Å²) in [6, 6.07) is 6.14. The van der Waals surface area contributed by atoms with Crippen LogP contribution in [0.15, 0.2) is 89.8 Å². The Balaban J connectivity index is 1.56. The zero-order valence-electron chi connectivity index (χ0n) is 15.4. The minimum absolute atomic E-state index is 0.00632. The van der Waals surface area contributed by atoms with Gasteiger partial charge in [0, 0.05) is 35.2 Å². The van der Waals surface area contributed by atoms with E-state index in [2.05, 4.69) is 54.1 Å². The first-order valence-electron chi connectivity index (χ1n) is 9.41. The van der Waals surface area contributed by atoms with E-state index >= 15 is 0 Å². The van der Waals surface area contributed by atoms with Crippen LogP contribution in [0.3, 0.4) is 0 Å². The lowest BCUT2D eigenvalue weighted by molar-refractivity contribution is 0.0874. The molecular weight excluding hydrogens is 368 g/mol. The van der Waals surface area contributed by atoms with Crippen LogP contribution in [-0.4, -0.2) is 17.2 Å². The van der Waals surface area contributed by atoms with Gasteiger partial charge >= 0.3 is 0 Å². The van der Waals surface area contributed by atoms with Crippen molar-refractivity contribution in [1.29, 1.82) is 5.26 Å². The lowest BCUT2D eigenvalue weighted by Crippen LogP contribution is -2.21.